The summed E-state index contributed by atoms with van der Waals surface area (Å²) in [5, 5.41) is 9.60. The molecule has 0 radical (unpaired) electrons. The van der Waals surface area contributed by atoms with Crippen molar-refractivity contribution in [1.29, 1.82) is 0 Å². The summed E-state index contributed by atoms with van der Waals surface area (Å²) in [6.45, 7) is 5.62. The van der Waals surface area contributed by atoms with Gasteiger partial charge in [0.2, 0.25) is 0 Å². The van der Waals surface area contributed by atoms with E-state index in [4.69, 9.17) is 4.74 Å². The van der Waals surface area contributed by atoms with Crippen LogP contribution in [0.2, 0.25) is 0 Å². The summed E-state index contributed by atoms with van der Waals surface area (Å²) in [6, 6.07) is 0. The van der Waals surface area contributed by atoms with Crippen LogP contribution in [-0.2, 0) is 4.74 Å². The Morgan fingerprint density at radius 1 is 1.62 bits per heavy atom. The standard InChI is InChI=1S/C10H19NO2/c1-2-13-8-10-4-3-5-11(10)7-9(12)6-10/h9,12H,2-8H2,1H3/t9-,10?/m1/s1. The zero-order valence-corrected chi connectivity index (χ0v) is 8.33. The van der Waals surface area contributed by atoms with Crippen molar-refractivity contribution < 1.29 is 9.84 Å². The fraction of sp³-hybridized carbons (Fsp3) is 1.00. The summed E-state index contributed by atoms with van der Waals surface area (Å²) in [7, 11) is 0. The number of nitrogens with zero attached hydrogens (tertiary/aromatic N) is 1. The van der Waals surface area contributed by atoms with E-state index in [0.29, 0.717) is 0 Å². The number of hydrogen-bond acceptors (Lipinski definition) is 3. The van der Waals surface area contributed by atoms with E-state index in [0.717, 1.165) is 32.7 Å². The van der Waals surface area contributed by atoms with E-state index in [-0.39, 0.29) is 11.6 Å². The van der Waals surface area contributed by atoms with Gasteiger partial charge in [0.15, 0.2) is 0 Å². The number of aliphatic hydroxyl groups is 1. The second-order valence-corrected chi connectivity index (χ2v) is 4.27. The Kier molecular flexibility index (Phi) is 2.58. The van der Waals surface area contributed by atoms with Gasteiger partial charge in [0.05, 0.1) is 12.7 Å². The van der Waals surface area contributed by atoms with E-state index in [1.807, 2.05) is 6.92 Å². The molecule has 2 fully saturated rings. The van der Waals surface area contributed by atoms with Crippen molar-refractivity contribution in [2.75, 3.05) is 26.3 Å². The number of aliphatic hydroxyl groups excluding tert-OH is 1. The molecule has 3 heteroatoms. The minimum Gasteiger partial charge on any atom is -0.392 e. The fourth-order valence-electron chi connectivity index (χ4n) is 2.78. The Labute approximate surface area is 79.7 Å². The van der Waals surface area contributed by atoms with Gasteiger partial charge in [0.25, 0.3) is 0 Å². The molecule has 2 heterocycles. The third-order valence-corrected chi connectivity index (χ3v) is 3.36. The van der Waals surface area contributed by atoms with Crippen molar-refractivity contribution in [3.8, 4) is 0 Å². The van der Waals surface area contributed by atoms with Crippen LogP contribution >= 0.6 is 0 Å². The molecule has 1 unspecified atom stereocenters. The van der Waals surface area contributed by atoms with Gasteiger partial charge in [0, 0.05) is 18.7 Å². The molecular formula is C10H19NO2. The zero-order valence-electron chi connectivity index (χ0n) is 8.33. The lowest BCUT2D eigenvalue weighted by atomic mass is 9.94. The molecule has 0 aliphatic carbocycles. The smallest absolute Gasteiger partial charge is 0.0685 e. The van der Waals surface area contributed by atoms with Crippen molar-refractivity contribution in [2.45, 2.75) is 37.8 Å². The number of ether oxygens (including phenoxy) is 1. The molecule has 0 spiro atoms. The predicted octanol–water partition coefficient (Wildman–Crippen LogP) is 0.622. The molecule has 0 aromatic heterocycles. The van der Waals surface area contributed by atoms with E-state index in [2.05, 4.69) is 4.90 Å². The molecule has 2 aliphatic rings. The first kappa shape index (κ1) is 9.44. The maximum absolute atomic E-state index is 9.60. The van der Waals surface area contributed by atoms with Crippen LogP contribution in [0.25, 0.3) is 0 Å². The largest absolute Gasteiger partial charge is 0.392 e. The van der Waals surface area contributed by atoms with E-state index in [1.165, 1.54) is 12.8 Å². The molecule has 2 rings (SSSR count). The number of β-amino-alcohol motifs (C(OH)–C–C–N with tert-alkyl or cyclic N) is 1. The molecular weight excluding hydrogens is 166 g/mol. The lowest BCUT2D eigenvalue weighted by Gasteiger charge is -2.31. The molecule has 0 aromatic carbocycles. The monoisotopic (exact) mass is 185 g/mol. The minimum atomic E-state index is -0.124. The van der Waals surface area contributed by atoms with Crippen LogP contribution in [0.3, 0.4) is 0 Å². The lowest BCUT2D eigenvalue weighted by molar-refractivity contribution is 0.0408. The SMILES string of the molecule is CCOCC12CCCN1C[C@H](O)C2. The van der Waals surface area contributed by atoms with Gasteiger partial charge in [-0.1, -0.05) is 0 Å². The highest BCUT2D eigenvalue weighted by molar-refractivity contribution is 5.03. The average molecular weight is 185 g/mol. The third kappa shape index (κ3) is 1.60. The van der Waals surface area contributed by atoms with E-state index in [9.17, 15) is 5.11 Å². The molecule has 0 aromatic rings. The van der Waals surface area contributed by atoms with Crippen molar-refractivity contribution >= 4 is 0 Å². The first-order chi connectivity index (χ1) is 6.27. The molecule has 2 aliphatic heterocycles. The van der Waals surface area contributed by atoms with Gasteiger partial charge < -0.3 is 9.84 Å². The van der Waals surface area contributed by atoms with Crippen LogP contribution in [0.15, 0.2) is 0 Å². The molecule has 2 atom stereocenters. The molecule has 0 amide bonds. The highest BCUT2D eigenvalue weighted by Gasteiger charge is 2.47. The van der Waals surface area contributed by atoms with Gasteiger partial charge >= 0.3 is 0 Å². The van der Waals surface area contributed by atoms with Gasteiger partial charge in [-0.3, -0.25) is 4.90 Å². The molecule has 3 nitrogen and oxygen atoms in total. The van der Waals surface area contributed by atoms with Crippen LogP contribution in [0.4, 0.5) is 0 Å². The second-order valence-electron chi connectivity index (χ2n) is 4.27. The summed E-state index contributed by atoms with van der Waals surface area (Å²) in [5.74, 6) is 0. The summed E-state index contributed by atoms with van der Waals surface area (Å²) in [4.78, 5) is 2.41. The van der Waals surface area contributed by atoms with Gasteiger partial charge in [-0.05, 0) is 32.7 Å². The maximum atomic E-state index is 9.60. The van der Waals surface area contributed by atoms with Crippen molar-refractivity contribution in [3.63, 3.8) is 0 Å². The van der Waals surface area contributed by atoms with Crippen LogP contribution in [0.5, 0.6) is 0 Å². The third-order valence-electron chi connectivity index (χ3n) is 3.36. The normalized spacial score (nSPS) is 39.7. The first-order valence-electron chi connectivity index (χ1n) is 5.28. The molecule has 76 valence electrons. The second kappa shape index (κ2) is 3.56. The van der Waals surface area contributed by atoms with Gasteiger partial charge in [-0.15, -0.1) is 0 Å². The van der Waals surface area contributed by atoms with Crippen LogP contribution < -0.4 is 0 Å². The predicted molar refractivity (Wildman–Crippen MR) is 50.7 cm³/mol. The molecule has 13 heavy (non-hydrogen) atoms. The van der Waals surface area contributed by atoms with Crippen molar-refractivity contribution in [3.05, 3.63) is 0 Å². The summed E-state index contributed by atoms with van der Waals surface area (Å²) in [6.07, 6.45) is 3.25. The maximum Gasteiger partial charge on any atom is 0.0685 e. The highest BCUT2D eigenvalue weighted by Crippen LogP contribution is 2.38. The quantitative estimate of drug-likeness (QED) is 0.699. The Morgan fingerprint density at radius 2 is 2.46 bits per heavy atom. The lowest BCUT2D eigenvalue weighted by Crippen LogP contribution is -2.42. The topological polar surface area (TPSA) is 32.7 Å². The average Bonchev–Trinajstić information content (AvgIpc) is 2.57. The Hall–Kier alpha value is -0.120. The highest BCUT2D eigenvalue weighted by atomic mass is 16.5. The van der Waals surface area contributed by atoms with E-state index < -0.39 is 0 Å². The van der Waals surface area contributed by atoms with Crippen molar-refractivity contribution in [1.82, 2.24) is 4.90 Å². The summed E-state index contributed by atoms with van der Waals surface area (Å²) in [5.41, 5.74) is 0.190. The van der Waals surface area contributed by atoms with Crippen molar-refractivity contribution in [2.24, 2.45) is 0 Å². The Morgan fingerprint density at radius 3 is 3.23 bits per heavy atom. The van der Waals surface area contributed by atoms with E-state index >= 15 is 0 Å². The zero-order chi connectivity index (χ0) is 9.31. The summed E-state index contributed by atoms with van der Waals surface area (Å²) < 4.78 is 5.52. The fourth-order valence-corrected chi connectivity index (χ4v) is 2.78. The van der Waals surface area contributed by atoms with Gasteiger partial charge in [-0.25, -0.2) is 0 Å². The Bertz CT molecular complexity index is 186. The molecule has 0 saturated carbocycles. The van der Waals surface area contributed by atoms with Gasteiger partial charge in [0.1, 0.15) is 0 Å². The van der Waals surface area contributed by atoms with Gasteiger partial charge in [-0.2, -0.15) is 0 Å². The first-order valence-corrected chi connectivity index (χ1v) is 5.28. The molecule has 2 saturated heterocycles. The Balaban J connectivity index is 2.00. The number of rotatable bonds is 3. The molecule has 0 bridgehead atoms. The van der Waals surface area contributed by atoms with Crippen LogP contribution in [0.1, 0.15) is 26.2 Å². The summed E-state index contributed by atoms with van der Waals surface area (Å²) >= 11 is 0. The minimum absolute atomic E-state index is 0.124. The number of hydrogen-bond donors (Lipinski definition) is 1. The van der Waals surface area contributed by atoms with Crippen LogP contribution in [0, 0.1) is 0 Å². The van der Waals surface area contributed by atoms with Crippen LogP contribution in [-0.4, -0.2) is 48.0 Å². The number of fused-ring (bicyclic) bond motifs is 1. The van der Waals surface area contributed by atoms with E-state index in [1.54, 1.807) is 0 Å². The molecule has 1 N–H and O–H groups in total.